The summed E-state index contributed by atoms with van der Waals surface area (Å²) in [6.45, 7) is 3.74. The van der Waals surface area contributed by atoms with Crippen LogP contribution in [0.5, 0.6) is 0 Å². The van der Waals surface area contributed by atoms with E-state index in [2.05, 4.69) is 22.6 Å². The van der Waals surface area contributed by atoms with Crippen LogP contribution in [0.4, 0.5) is 18.0 Å². The van der Waals surface area contributed by atoms with E-state index < -0.39 is 11.7 Å². The van der Waals surface area contributed by atoms with Gasteiger partial charge in [0.25, 0.3) is 11.1 Å². The summed E-state index contributed by atoms with van der Waals surface area (Å²) < 4.78 is 42.2. The van der Waals surface area contributed by atoms with Crippen molar-refractivity contribution < 1.29 is 22.8 Å². The first-order valence-corrected chi connectivity index (χ1v) is 11.8. The molecule has 33 heavy (non-hydrogen) atoms. The van der Waals surface area contributed by atoms with Crippen LogP contribution in [0.2, 0.25) is 0 Å². The molecule has 1 aliphatic rings. The zero-order valence-corrected chi connectivity index (χ0v) is 20.6. The highest BCUT2D eigenvalue weighted by Gasteiger charge is 2.35. The maximum atomic E-state index is 13.2. The Morgan fingerprint density at radius 2 is 1.73 bits per heavy atom. The summed E-state index contributed by atoms with van der Waals surface area (Å²) in [5, 5.41) is -0.350. The fraction of sp³-hybridized carbons (Fsp3) is 0.167. The Hall–Kier alpha value is -2.53. The van der Waals surface area contributed by atoms with Crippen molar-refractivity contribution in [3.8, 4) is 5.69 Å². The number of imide groups is 1. The van der Waals surface area contributed by atoms with Gasteiger partial charge in [-0.2, -0.15) is 13.2 Å². The van der Waals surface area contributed by atoms with Crippen molar-refractivity contribution in [3.63, 3.8) is 0 Å². The Labute approximate surface area is 206 Å². The molecule has 0 spiro atoms. The van der Waals surface area contributed by atoms with E-state index in [-0.39, 0.29) is 22.6 Å². The summed E-state index contributed by atoms with van der Waals surface area (Å²) in [7, 11) is 0. The number of thioether (sulfide) groups is 1. The van der Waals surface area contributed by atoms with Crippen LogP contribution in [0, 0.1) is 17.4 Å². The third kappa shape index (κ3) is 4.89. The van der Waals surface area contributed by atoms with Gasteiger partial charge in [-0.3, -0.25) is 14.5 Å². The molecule has 2 heterocycles. The molecule has 4 nitrogen and oxygen atoms in total. The first-order valence-electron chi connectivity index (χ1n) is 9.91. The van der Waals surface area contributed by atoms with Gasteiger partial charge in [-0.15, -0.1) is 0 Å². The molecule has 0 aliphatic carbocycles. The number of carbonyl (C=O) groups excluding carboxylic acids is 2. The molecule has 1 fully saturated rings. The lowest BCUT2D eigenvalue weighted by molar-refractivity contribution is -0.137. The third-order valence-electron chi connectivity index (χ3n) is 5.32. The van der Waals surface area contributed by atoms with E-state index in [1.807, 2.05) is 24.3 Å². The number of hydrogen-bond donors (Lipinski definition) is 0. The van der Waals surface area contributed by atoms with Crippen LogP contribution >= 0.6 is 34.4 Å². The fourth-order valence-corrected chi connectivity index (χ4v) is 4.89. The summed E-state index contributed by atoms with van der Waals surface area (Å²) in [6, 6.07) is 14.5. The van der Waals surface area contributed by atoms with Gasteiger partial charge >= 0.3 is 6.18 Å². The number of alkyl halides is 3. The minimum Gasteiger partial charge on any atom is -0.318 e. The molecule has 1 aliphatic heterocycles. The zero-order valence-electron chi connectivity index (χ0n) is 17.6. The third-order valence-corrected chi connectivity index (χ3v) is 6.94. The number of hydrogen-bond acceptors (Lipinski definition) is 3. The molecule has 4 rings (SSSR count). The smallest absolute Gasteiger partial charge is 0.318 e. The first kappa shape index (κ1) is 23.6. The normalized spacial score (nSPS) is 15.7. The number of amides is 2. The topological polar surface area (TPSA) is 42.3 Å². The summed E-state index contributed by atoms with van der Waals surface area (Å²) in [5.74, 6) is -0.382. The Bertz CT molecular complexity index is 1280. The summed E-state index contributed by atoms with van der Waals surface area (Å²) in [5.41, 5.74) is 2.57. The number of carbonyl (C=O) groups is 2. The molecule has 170 valence electrons. The molecule has 0 atom stereocenters. The van der Waals surface area contributed by atoms with Gasteiger partial charge in [0.05, 0.1) is 17.0 Å². The highest BCUT2D eigenvalue weighted by molar-refractivity contribution is 14.1. The maximum absolute atomic E-state index is 13.2. The van der Waals surface area contributed by atoms with Gasteiger partial charge in [-0.25, -0.2) is 0 Å². The molecule has 3 aromatic rings. The number of aryl methyl sites for hydroxylation is 1. The molecule has 0 bridgehead atoms. The number of benzene rings is 2. The predicted octanol–water partition coefficient (Wildman–Crippen LogP) is 6.95. The second-order valence-electron chi connectivity index (χ2n) is 7.60. The number of nitrogens with zero attached hydrogens (tertiary/aromatic N) is 2. The van der Waals surface area contributed by atoms with Crippen LogP contribution in [-0.4, -0.2) is 20.6 Å². The Morgan fingerprint density at radius 1 is 1.03 bits per heavy atom. The molecular formula is C24H18F3IN2O2S. The van der Waals surface area contributed by atoms with Crippen LogP contribution < -0.4 is 0 Å². The molecule has 1 aromatic heterocycles. The van der Waals surface area contributed by atoms with Crippen LogP contribution in [0.25, 0.3) is 11.8 Å². The summed E-state index contributed by atoms with van der Waals surface area (Å²) >= 11 is 3.05. The standard InChI is InChI=1S/C24H18F3IN2O2S/c1-14-10-17(15(2)30(14)20-5-3-4-18(12-20)24(25,26)27)11-21-22(31)29(23(32)33-21)13-16-6-8-19(28)9-7-16/h3-12H,13H2,1-2H3/b21-11-. The molecule has 0 unspecified atom stereocenters. The van der Waals surface area contributed by atoms with Crippen LogP contribution in [0.15, 0.2) is 59.5 Å². The van der Waals surface area contributed by atoms with Gasteiger partial charge in [0.15, 0.2) is 0 Å². The molecule has 2 aromatic carbocycles. The lowest BCUT2D eigenvalue weighted by atomic mass is 10.2. The summed E-state index contributed by atoms with van der Waals surface area (Å²) in [6.07, 6.45) is -2.81. The molecule has 0 radical (unpaired) electrons. The van der Waals surface area contributed by atoms with Gasteiger partial charge in [0, 0.05) is 20.6 Å². The van der Waals surface area contributed by atoms with Crippen LogP contribution in [0.1, 0.15) is 28.1 Å². The Morgan fingerprint density at radius 3 is 2.39 bits per heavy atom. The summed E-state index contributed by atoms with van der Waals surface area (Å²) in [4.78, 5) is 26.9. The second kappa shape index (κ2) is 9.02. The fourth-order valence-electron chi connectivity index (χ4n) is 3.70. The van der Waals surface area contributed by atoms with Crippen LogP contribution in [-0.2, 0) is 17.5 Å². The largest absolute Gasteiger partial charge is 0.416 e. The van der Waals surface area contributed by atoms with E-state index in [9.17, 15) is 22.8 Å². The quantitative estimate of drug-likeness (QED) is 0.247. The molecule has 2 amide bonds. The average Bonchev–Trinajstić information content (AvgIpc) is 3.18. The highest BCUT2D eigenvalue weighted by atomic mass is 127. The van der Waals surface area contributed by atoms with E-state index in [0.717, 1.165) is 38.7 Å². The van der Waals surface area contributed by atoms with E-state index in [1.165, 1.54) is 11.0 Å². The van der Waals surface area contributed by atoms with Crippen molar-refractivity contribution in [3.05, 3.63) is 91.2 Å². The van der Waals surface area contributed by atoms with Crippen molar-refractivity contribution in [2.75, 3.05) is 0 Å². The van der Waals surface area contributed by atoms with Crippen molar-refractivity contribution in [1.29, 1.82) is 0 Å². The zero-order chi connectivity index (χ0) is 23.9. The first-order chi connectivity index (χ1) is 15.5. The molecule has 9 heteroatoms. The van der Waals surface area contributed by atoms with E-state index in [0.29, 0.717) is 16.9 Å². The van der Waals surface area contributed by atoms with Gasteiger partial charge in [-0.05, 0) is 102 Å². The average molecular weight is 582 g/mol. The minimum absolute atomic E-state index is 0.183. The molecule has 1 saturated heterocycles. The molecule has 0 N–H and O–H groups in total. The highest BCUT2D eigenvalue weighted by Crippen LogP contribution is 2.35. The van der Waals surface area contributed by atoms with E-state index in [1.54, 1.807) is 36.6 Å². The number of halogens is 4. The van der Waals surface area contributed by atoms with Crippen molar-refractivity contribution in [2.24, 2.45) is 0 Å². The number of aromatic nitrogens is 1. The van der Waals surface area contributed by atoms with Crippen LogP contribution in [0.3, 0.4) is 0 Å². The monoisotopic (exact) mass is 582 g/mol. The van der Waals surface area contributed by atoms with Gasteiger partial charge in [-0.1, -0.05) is 18.2 Å². The SMILES string of the molecule is Cc1cc(/C=C2\SC(=O)N(Cc3ccc(I)cc3)C2=O)c(C)n1-c1cccc(C(F)(F)F)c1. The van der Waals surface area contributed by atoms with Crippen molar-refractivity contribution in [2.45, 2.75) is 26.6 Å². The van der Waals surface area contributed by atoms with Crippen molar-refractivity contribution >= 4 is 51.6 Å². The Balaban J connectivity index is 1.63. The molecular weight excluding hydrogens is 564 g/mol. The predicted molar refractivity (Wildman–Crippen MR) is 131 cm³/mol. The lowest BCUT2D eigenvalue weighted by Crippen LogP contribution is -2.27. The molecule has 0 saturated carbocycles. The van der Waals surface area contributed by atoms with Gasteiger partial charge in [0.1, 0.15) is 0 Å². The Kier molecular flexibility index (Phi) is 6.45. The minimum atomic E-state index is -4.44. The maximum Gasteiger partial charge on any atom is 0.416 e. The number of rotatable bonds is 4. The van der Waals surface area contributed by atoms with Gasteiger partial charge < -0.3 is 4.57 Å². The van der Waals surface area contributed by atoms with Gasteiger partial charge in [0.2, 0.25) is 0 Å². The van der Waals surface area contributed by atoms with E-state index >= 15 is 0 Å². The second-order valence-corrected chi connectivity index (χ2v) is 9.84. The van der Waals surface area contributed by atoms with Crippen molar-refractivity contribution in [1.82, 2.24) is 9.47 Å². The lowest BCUT2D eigenvalue weighted by Gasteiger charge is -2.13. The van der Waals surface area contributed by atoms with E-state index in [4.69, 9.17) is 0 Å².